The van der Waals surface area contributed by atoms with Crippen molar-refractivity contribution in [3.63, 3.8) is 0 Å². The molecule has 6 nitrogen and oxygen atoms in total. The Labute approximate surface area is 158 Å². The lowest BCUT2D eigenvalue weighted by molar-refractivity contribution is -0.123. The zero-order valence-electron chi connectivity index (χ0n) is 13.7. The molecule has 3 aromatic rings. The van der Waals surface area contributed by atoms with Gasteiger partial charge in [-0.25, -0.2) is 9.80 Å². The smallest absolute Gasteiger partial charge is 0.338 e. The van der Waals surface area contributed by atoms with Crippen LogP contribution in [0, 0.1) is 0 Å². The second kappa shape index (κ2) is 7.88. The summed E-state index contributed by atoms with van der Waals surface area (Å²) in [4.78, 5) is 23.8. The van der Waals surface area contributed by atoms with Crippen molar-refractivity contribution in [2.75, 3.05) is 11.6 Å². The summed E-state index contributed by atoms with van der Waals surface area (Å²) in [6.07, 6.45) is 0. The molecule has 0 bridgehead atoms. The van der Waals surface area contributed by atoms with Crippen LogP contribution in [0.4, 0.5) is 10.5 Å². The quantitative estimate of drug-likeness (QED) is 0.640. The van der Waals surface area contributed by atoms with Gasteiger partial charge in [0.05, 0.1) is 10.2 Å². The van der Waals surface area contributed by atoms with E-state index in [1.165, 1.54) is 0 Å². The van der Waals surface area contributed by atoms with Crippen molar-refractivity contribution < 1.29 is 14.3 Å². The lowest BCUT2D eigenvalue weighted by Gasteiger charge is -2.21. The van der Waals surface area contributed by atoms with Crippen molar-refractivity contribution in [2.24, 2.45) is 5.73 Å². The SMILES string of the molecule is NC(=O)N(NC(=O)COc1ccc2ccccc2c1Br)c1ccccc1. The van der Waals surface area contributed by atoms with Gasteiger partial charge in [0.2, 0.25) is 0 Å². The molecule has 0 unspecified atom stereocenters. The van der Waals surface area contributed by atoms with Crippen molar-refractivity contribution in [2.45, 2.75) is 0 Å². The number of nitrogens with zero attached hydrogens (tertiary/aromatic N) is 1. The number of fused-ring (bicyclic) bond motifs is 1. The lowest BCUT2D eigenvalue weighted by atomic mass is 10.1. The van der Waals surface area contributed by atoms with Crippen LogP contribution in [0.1, 0.15) is 0 Å². The van der Waals surface area contributed by atoms with E-state index in [1.54, 1.807) is 36.4 Å². The van der Waals surface area contributed by atoms with Crippen molar-refractivity contribution in [3.8, 4) is 5.75 Å². The number of primary amides is 1. The van der Waals surface area contributed by atoms with Crippen molar-refractivity contribution in [3.05, 3.63) is 71.2 Å². The normalized spacial score (nSPS) is 10.3. The molecule has 0 aliphatic heterocycles. The number of nitrogens with two attached hydrogens (primary N) is 1. The van der Waals surface area contributed by atoms with E-state index in [1.807, 2.05) is 30.3 Å². The Bertz CT molecular complexity index is 947. The fourth-order valence-corrected chi connectivity index (χ4v) is 3.06. The third kappa shape index (κ3) is 3.94. The fourth-order valence-electron chi connectivity index (χ4n) is 2.45. The van der Waals surface area contributed by atoms with Gasteiger partial charge in [0.15, 0.2) is 6.61 Å². The Morgan fingerprint density at radius 1 is 1.00 bits per heavy atom. The topological polar surface area (TPSA) is 84.7 Å². The zero-order chi connectivity index (χ0) is 18.5. The van der Waals surface area contributed by atoms with Crippen LogP contribution in [0.3, 0.4) is 0 Å². The van der Waals surface area contributed by atoms with Crippen molar-refractivity contribution in [1.29, 1.82) is 0 Å². The number of hydrogen-bond donors (Lipinski definition) is 2. The summed E-state index contributed by atoms with van der Waals surface area (Å²) >= 11 is 3.50. The Balaban J connectivity index is 1.69. The van der Waals surface area contributed by atoms with Gasteiger partial charge in [0.1, 0.15) is 5.75 Å². The number of benzene rings is 3. The van der Waals surface area contributed by atoms with Gasteiger partial charge in [0, 0.05) is 0 Å². The first-order valence-corrected chi connectivity index (χ1v) is 8.59. The highest BCUT2D eigenvalue weighted by atomic mass is 79.9. The van der Waals surface area contributed by atoms with Gasteiger partial charge >= 0.3 is 6.03 Å². The summed E-state index contributed by atoms with van der Waals surface area (Å²) in [7, 11) is 0. The van der Waals surface area contributed by atoms with Gasteiger partial charge < -0.3 is 10.5 Å². The second-order valence-corrected chi connectivity index (χ2v) is 6.22. The first-order chi connectivity index (χ1) is 12.6. The highest BCUT2D eigenvalue weighted by Crippen LogP contribution is 2.32. The fraction of sp³-hybridized carbons (Fsp3) is 0.0526. The number of halogens is 1. The molecule has 0 aliphatic carbocycles. The van der Waals surface area contributed by atoms with Gasteiger partial charge in [-0.1, -0.05) is 48.5 Å². The summed E-state index contributed by atoms with van der Waals surface area (Å²) in [6.45, 7) is -0.270. The van der Waals surface area contributed by atoms with Crippen molar-refractivity contribution in [1.82, 2.24) is 5.43 Å². The minimum atomic E-state index is -0.795. The molecule has 3 rings (SSSR count). The summed E-state index contributed by atoms with van der Waals surface area (Å²) in [6, 6.07) is 19.3. The molecule has 0 heterocycles. The Kier molecular flexibility index (Phi) is 5.38. The maximum Gasteiger partial charge on any atom is 0.338 e. The van der Waals surface area contributed by atoms with E-state index in [0.29, 0.717) is 11.4 Å². The average Bonchev–Trinajstić information content (AvgIpc) is 2.66. The Morgan fingerprint density at radius 2 is 1.69 bits per heavy atom. The largest absolute Gasteiger partial charge is 0.483 e. The first-order valence-electron chi connectivity index (χ1n) is 7.80. The number of hydrogen-bond acceptors (Lipinski definition) is 3. The third-order valence-corrected chi connectivity index (χ3v) is 4.48. The number of urea groups is 1. The van der Waals surface area contributed by atoms with Crippen LogP contribution in [-0.2, 0) is 4.79 Å². The number of nitrogens with one attached hydrogen (secondary N) is 1. The molecular weight excluding hydrogens is 398 g/mol. The van der Waals surface area contributed by atoms with E-state index >= 15 is 0 Å². The molecule has 0 saturated heterocycles. The van der Waals surface area contributed by atoms with Gasteiger partial charge in [-0.05, 0) is 44.9 Å². The maximum absolute atomic E-state index is 12.2. The number of para-hydroxylation sites is 1. The number of rotatable bonds is 4. The Hall–Kier alpha value is -3.06. The molecule has 0 aliphatic rings. The van der Waals surface area contributed by atoms with Crippen LogP contribution in [0.2, 0.25) is 0 Å². The number of carbonyl (C=O) groups excluding carboxylic acids is 2. The van der Waals surface area contributed by atoms with Gasteiger partial charge in [-0.3, -0.25) is 10.2 Å². The van der Waals surface area contributed by atoms with E-state index < -0.39 is 11.9 Å². The van der Waals surface area contributed by atoms with Crippen LogP contribution >= 0.6 is 15.9 Å². The van der Waals surface area contributed by atoms with Gasteiger partial charge in [-0.15, -0.1) is 0 Å². The van der Waals surface area contributed by atoms with Crippen molar-refractivity contribution >= 4 is 44.3 Å². The minimum absolute atomic E-state index is 0.270. The number of ether oxygens (including phenoxy) is 1. The molecule has 0 aromatic heterocycles. The van der Waals surface area contributed by atoms with Crippen LogP contribution in [0.25, 0.3) is 10.8 Å². The van der Waals surface area contributed by atoms with Crippen LogP contribution < -0.4 is 20.9 Å². The Morgan fingerprint density at radius 3 is 2.42 bits per heavy atom. The standard InChI is InChI=1S/C19H16BrN3O3/c20-18-15-9-5-4-6-13(15)10-11-16(18)26-12-17(24)22-23(19(21)25)14-7-2-1-3-8-14/h1-11H,12H2,(H2,21,25)(H,22,24). The molecular formula is C19H16BrN3O3. The molecule has 7 heteroatoms. The predicted molar refractivity (Wildman–Crippen MR) is 104 cm³/mol. The van der Waals surface area contributed by atoms with Crippen LogP contribution in [-0.4, -0.2) is 18.5 Å². The van der Waals surface area contributed by atoms with E-state index in [4.69, 9.17) is 10.5 Å². The molecule has 3 aromatic carbocycles. The molecule has 132 valence electrons. The highest BCUT2D eigenvalue weighted by Gasteiger charge is 2.16. The molecule has 0 atom stereocenters. The molecule has 3 N–H and O–H groups in total. The number of anilines is 1. The summed E-state index contributed by atoms with van der Waals surface area (Å²) < 4.78 is 6.35. The molecule has 26 heavy (non-hydrogen) atoms. The maximum atomic E-state index is 12.2. The summed E-state index contributed by atoms with van der Waals surface area (Å²) in [5, 5.41) is 3.01. The van der Waals surface area contributed by atoms with Crippen LogP contribution in [0.5, 0.6) is 5.75 Å². The molecule has 0 fully saturated rings. The van der Waals surface area contributed by atoms with E-state index in [9.17, 15) is 9.59 Å². The molecule has 3 amide bonds. The first kappa shape index (κ1) is 17.8. The van der Waals surface area contributed by atoms with E-state index in [-0.39, 0.29) is 6.61 Å². The third-order valence-electron chi connectivity index (χ3n) is 3.66. The molecule has 0 radical (unpaired) electrons. The van der Waals surface area contributed by atoms with Gasteiger partial charge in [0.25, 0.3) is 5.91 Å². The number of carbonyl (C=O) groups is 2. The predicted octanol–water partition coefficient (Wildman–Crippen LogP) is 3.60. The molecule has 0 spiro atoms. The lowest BCUT2D eigenvalue weighted by Crippen LogP contribution is -2.50. The highest BCUT2D eigenvalue weighted by molar-refractivity contribution is 9.10. The van der Waals surface area contributed by atoms with E-state index in [0.717, 1.165) is 20.3 Å². The second-order valence-electron chi connectivity index (χ2n) is 5.43. The summed E-state index contributed by atoms with van der Waals surface area (Å²) in [5.41, 5.74) is 8.23. The summed E-state index contributed by atoms with van der Waals surface area (Å²) in [5.74, 6) is 0.0249. The number of amides is 3. The zero-order valence-corrected chi connectivity index (χ0v) is 15.3. The average molecular weight is 414 g/mol. The monoisotopic (exact) mass is 413 g/mol. The number of hydrazine groups is 1. The molecule has 0 saturated carbocycles. The van der Waals surface area contributed by atoms with E-state index in [2.05, 4.69) is 21.4 Å². The van der Waals surface area contributed by atoms with Gasteiger partial charge in [-0.2, -0.15) is 0 Å². The van der Waals surface area contributed by atoms with Crippen LogP contribution in [0.15, 0.2) is 71.2 Å². The minimum Gasteiger partial charge on any atom is -0.483 e.